The third-order valence-corrected chi connectivity index (χ3v) is 3.63. The molecule has 0 aliphatic heterocycles. The molecular formula is C16H17NO3S. The van der Waals surface area contributed by atoms with E-state index in [2.05, 4.69) is 0 Å². The molecule has 2 rings (SSSR count). The molecular weight excluding hydrogens is 286 g/mol. The summed E-state index contributed by atoms with van der Waals surface area (Å²) >= 11 is 0.644. The highest BCUT2D eigenvalue weighted by Gasteiger charge is 2.10. The van der Waals surface area contributed by atoms with E-state index in [1.165, 1.54) is 0 Å². The lowest BCUT2D eigenvalue weighted by Gasteiger charge is -2.12. The molecule has 0 aliphatic carbocycles. The Morgan fingerprint density at radius 2 is 1.86 bits per heavy atom. The number of ether oxygens (including phenoxy) is 1. The van der Waals surface area contributed by atoms with E-state index in [-0.39, 0.29) is 5.91 Å². The van der Waals surface area contributed by atoms with Crippen molar-refractivity contribution in [1.29, 1.82) is 0 Å². The number of carbonyl (C=O) groups is 1. The molecule has 0 saturated heterocycles. The van der Waals surface area contributed by atoms with Crippen LogP contribution in [0.3, 0.4) is 0 Å². The quantitative estimate of drug-likeness (QED) is 0.876. The van der Waals surface area contributed by atoms with Crippen LogP contribution < -0.4 is 4.74 Å². The second kappa shape index (κ2) is 6.65. The third kappa shape index (κ3) is 3.37. The highest BCUT2D eigenvalue weighted by Crippen LogP contribution is 2.32. The average Bonchev–Trinajstić information content (AvgIpc) is 2.53. The molecule has 5 heteroatoms. The van der Waals surface area contributed by atoms with Gasteiger partial charge in [-0.3, -0.25) is 4.79 Å². The first-order valence-corrected chi connectivity index (χ1v) is 7.15. The van der Waals surface area contributed by atoms with E-state index in [1.54, 1.807) is 38.2 Å². The maximum atomic E-state index is 12.0. The molecule has 21 heavy (non-hydrogen) atoms. The number of methoxy groups -OCH3 is 1. The van der Waals surface area contributed by atoms with Gasteiger partial charge in [-0.05, 0) is 35.4 Å². The van der Waals surface area contributed by atoms with E-state index in [0.717, 1.165) is 11.1 Å². The van der Waals surface area contributed by atoms with Gasteiger partial charge in [-0.2, -0.15) is 0 Å². The molecule has 0 saturated carbocycles. The molecule has 110 valence electrons. The summed E-state index contributed by atoms with van der Waals surface area (Å²) < 4.78 is 14.5. The zero-order valence-electron chi connectivity index (χ0n) is 12.2. The Morgan fingerprint density at radius 1 is 1.14 bits per heavy atom. The Morgan fingerprint density at radius 3 is 2.48 bits per heavy atom. The second-order valence-electron chi connectivity index (χ2n) is 4.74. The van der Waals surface area contributed by atoms with Crippen molar-refractivity contribution in [1.82, 2.24) is 4.90 Å². The normalized spacial score (nSPS) is 10.3. The maximum absolute atomic E-state index is 12.0. The summed E-state index contributed by atoms with van der Waals surface area (Å²) in [5.74, 6) is 0.578. The number of carbonyl (C=O) groups excluding carboxylic acids is 1. The molecule has 0 bridgehead atoms. The summed E-state index contributed by atoms with van der Waals surface area (Å²) in [5.41, 5.74) is 2.47. The van der Waals surface area contributed by atoms with Crippen LogP contribution in [0, 0.1) is 0 Å². The monoisotopic (exact) mass is 303 g/mol. The SMILES string of the molecule is COc1ccc(-c2cccc(C(=O)N(C)C)c2)cc1SO. The minimum absolute atomic E-state index is 0.0397. The molecule has 0 spiro atoms. The summed E-state index contributed by atoms with van der Waals surface area (Å²) in [7, 11) is 5.01. The van der Waals surface area contributed by atoms with Crippen molar-refractivity contribution in [3.63, 3.8) is 0 Å². The van der Waals surface area contributed by atoms with Crippen LogP contribution in [0.15, 0.2) is 47.4 Å². The molecule has 0 fully saturated rings. The van der Waals surface area contributed by atoms with Crippen LogP contribution in [0.25, 0.3) is 11.1 Å². The Hall–Kier alpha value is -1.98. The van der Waals surface area contributed by atoms with Gasteiger partial charge in [0.1, 0.15) is 5.75 Å². The van der Waals surface area contributed by atoms with E-state index in [4.69, 9.17) is 4.74 Å². The van der Waals surface area contributed by atoms with E-state index < -0.39 is 0 Å². The maximum Gasteiger partial charge on any atom is 0.253 e. The predicted molar refractivity (Wildman–Crippen MR) is 84.9 cm³/mol. The molecule has 0 aliphatic rings. The lowest BCUT2D eigenvalue weighted by Crippen LogP contribution is -2.21. The van der Waals surface area contributed by atoms with Gasteiger partial charge in [-0.15, -0.1) is 0 Å². The number of benzene rings is 2. The fourth-order valence-electron chi connectivity index (χ4n) is 2.02. The second-order valence-corrected chi connectivity index (χ2v) is 5.36. The summed E-state index contributed by atoms with van der Waals surface area (Å²) in [4.78, 5) is 14.2. The topological polar surface area (TPSA) is 49.8 Å². The van der Waals surface area contributed by atoms with Gasteiger partial charge in [0.2, 0.25) is 0 Å². The van der Waals surface area contributed by atoms with E-state index in [0.29, 0.717) is 28.3 Å². The zero-order valence-corrected chi connectivity index (χ0v) is 13.0. The highest BCUT2D eigenvalue weighted by atomic mass is 32.2. The van der Waals surface area contributed by atoms with Crippen LogP contribution in [0.5, 0.6) is 5.75 Å². The van der Waals surface area contributed by atoms with Gasteiger partial charge in [0.25, 0.3) is 5.91 Å². The van der Waals surface area contributed by atoms with Crippen molar-refractivity contribution in [2.45, 2.75) is 4.90 Å². The van der Waals surface area contributed by atoms with Crippen LogP contribution in [-0.2, 0) is 0 Å². The standard InChI is InChI=1S/C16H17NO3S/c1-17(2)16(18)13-6-4-5-11(9-13)12-7-8-14(20-3)15(10-12)21-19/h4-10,19H,1-3H3. The largest absolute Gasteiger partial charge is 0.495 e. The van der Waals surface area contributed by atoms with Crippen molar-refractivity contribution in [3.8, 4) is 16.9 Å². The van der Waals surface area contributed by atoms with Gasteiger partial charge in [0.15, 0.2) is 0 Å². The molecule has 2 aromatic rings. The van der Waals surface area contributed by atoms with Gasteiger partial charge >= 0.3 is 0 Å². The lowest BCUT2D eigenvalue weighted by atomic mass is 10.0. The van der Waals surface area contributed by atoms with Crippen molar-refractivity contribution < 1.29 is 14.1 Å². The van der Waals surface area contributed by atoms with Gasteiger partial charge in [0, 0.05) is 31.7 Å². The molecule has 2 aromatic carbocycles. The molecule has 1 amide bonds. The van der Waals surface area contributed by atoms with E-state index in [9.17, 15) is 9.35 Å². The summed E-state index contributed by atoms with van der Waals surface area (Å²) in [6, 6.07) is 12.9. The Bertz CT molecular complexity index is 656. The van der Waals surface area contributed by atoms with Crippen molar-refractivity contribution in [3.05, 3.63) is 48.0 Å². The van der Waals surface area contributed by atoms with Crippen LogP contribution in [0.1, 0.15) is 10.4 Å². The number of rotatable bonds is 4. The highest BCUT2D eigenvalue weighted by molar-refractivity contribution is 7.93. The number of hydrogen-bond donors (Lipinski definition) is 1. The van der Waals surface area contributed by atoms with Crippen LogP contribution in [0.4, 0.5) is 0 Å². The lowest BCUT2D eigenvalue weighted by molar-refractivity contribution is 0.0827. The molecule has 0 aromatic heterocycles. The van der Waals surface area contributed by atoms with Crippen LogP contribution in [-0.4, -0.2) is 36.6 Å². The first-order chi connectivity index (χ1) is 10.1. The van der Waals surface area contributed by atoms with Crippen LogP contribution >= 0.6 is 12.0 Å². The first kappa shape index (κ1) is 15.4. The van der Waals surface area contributed by atoms with Gasteiger partial charge in [-0.25, -0.2) is 0 Å². The fraction of sp³-hybridized carbons (Fsp3) is 0.188. The van der Waals surface area contributed by atoms with Crippen LogP contribution in [0.2, 0.25) is 0 Å². The number of hydrogen-bond acceptors (Lipinski definition) is 4. The predicted octanol–water partition coefficient (Wildman–Crippen LogP) is 3.63. The Balaban J connectivity index is 2.43. The third-order valence-electron chi connectivity index (χ3n) is 3.11. The molecule has 4 nitrogen and oxygen atoms in total. The van der Waals surface area contributed by atoms with Crippen molar-refractivity contribution in [2.75, 3.05) is 21.2 Å². The molecule has 0 unspecified atom stereocenters. The summed E-state index contributed by atoms with van der Waals surface area (Å²) in [6.07, 6.45) is 0. The van der Waals surface area contributed by atoms with Gasteiger partial charge in [-0.1, -0.05) is 18.2 Å². The zero-order chi connectivity index (χ0) is 15.4. The summed E-state index contributed by atoms with van der Waals surface area (Å²) in [5, 5.41) is 0. The molecule has 0 atom stereocenters. The minimum atomic E-state index is -0.0397. The minimum Gasteiger partial charge on any atom is -0.495 e. The molecule has 1 N–H and O–H groups in total. The Labute approximate surface area is 128 Å². The molecule has 0 heterocycles. The smallest absolute Gasteiger partial charge is 0.253 e. The van der Waals surface area contributed by atoms with Crippen molar-refractivity contribution >= 4 is 17.9 Å². The fourth-order valence-corrected chi connectivity index (χ4v) is 2.44. The molecule has 0 radical (unpaired) electrons. The summed E-state index contributed by atoms with van der Waals surface area (Å²) in [6.45, 7) is 0. The van der Waals surface area contributed by atoms with Gasteiger partial charge < -0.3 is 14.2 Å². The number of nitrogens with zero attached hydrogens (tertiary/aromatic N) is 1. The van der Waals surface area contributed by atoms with Gasteiger partial charge in [0.05, 0.1) is 12.0 Å². The van der Waals surface area contributed by atoms with E-state index in [1.807, 2.05) is 30.3 Å². The average molecular weight is 303 g/mol. The Kier molecular flexibility index (Phi) is 4.88. The van der Waals surface area contributed by atoms with E-state index >= 15 is 0 Å². The first-order valence-electron chi connectivity index (χ1n) is 6.38. The van der Waals surface area contributed by atoms with Crippen molar-refractivity contribution in [2.24, 2.45) is 0 Å². The number of amides is 1.